The van der Waals surface area contributed by atoms with Crippen LogP contribution in [0.2, 0.25) is 0 Å². The second kappa shape index (κ2) is 3.49. The van der Waals surface area contributed by atoms with Gasteiger partial charge in [-0.15, -0.1) is 0 Å². The molecule has 17 heavy (non-hydrogen) atoms. The molecule has 7 heteroatoms. The van der Waals surface area contributed by atoms with Crippen LogP contribution in [-0.2, 0) is 21.6 Å². The zero-order valence-electron chi connectivity index (χ0n) is 8.62. The van der Waals surface area contributed by atoms with Gasteiger partial charge < -0.3 is 5.73 Å². The molecule has 1 heterocycles. The fourth-order valence-corrected chi connectivity index (χ4v) is 2.88. The number of benzene rings is 1. The Kier molecular flexibility index (Phi) is 2.46. The van der Waals surface area contributed by atoms with Gasteiger partial charge in [0.05, 0.1) is 21.0 Å². The zero-order chi connectivity index (χ0) is 12.8. The SMILES string of the molecule is C=S1(=O)Cc2ccc(C(F)(F)F)cc2C(N)=N1. The van der Waals surface area contributed by atoms with Gasteiger partial charge in [0.2, 0.25) is 0 Å². The third-order valence-corrected chi connectivity index (χ3v) is 3.65. The maximum atomic E-state index is 12.5. The highest BCUT2D eigenvalue weighted by Gasteiger charge is 2.32. The summed E-state index contributed by atoms with van der Waals surface area (Å²) in [7, 11) is -2.71. The molecule has 1 aromatic rings. The topological polar surface area (TPSA) is 55.5 Å². The summed E-state index contributed by atoms with van der Waals surface area (Å²) in [6.45, 7) is 0. The molecule has 0 aliphatic carbocycles. The molecular formula is C10H9F3N2OS. The third-order valence-electron chi connectivity index (χ3n) is 2.36. The minimum Gasteiger partial charge on any atom is -0.383 e. The summed E-state index contributed by atoms with van der Waals surface area (Å²) in [5.74, 6) is 3.25. The Morgan fingerprint density at radius 3 is 2.65 bits per heavy atom. The molecule has 1 aliphatic heterocycles. The summed E-state index contributed by atoms with van der Waals surface area (Å²) in [5, 5.41) is 0. The van der Waals surface area contributed by atoms with Crippen LogP contribution in [0.5, 0.6) is 0 Å². The summed E-state index contributed by atoms with van der Waals surface area (Å²) >= 11 is 0. The van der Waals surface area contributed by atoms with Crippen molar-refractivity contribution in [3.05, 3.63) is 34.9 Å². The van der Waals surface area contributed by atoms with E-state index in [-0.39, 0.29) is 17.2 Å². The van der Waals surface area contributed by atoms with E-state index in [0.717, 1.165) is 12.1 Å². The van der Waals surface area contributed by atoms with E-state index >= 15 is 0 Å². The van der Waals surface area contributed by atoms with Gasteiger partial charge in [0.25, 0.3) is 0 Å². The maximum Gasteiger partial charge on any atom is 0.416 e. The van der Waals surface area contributed by atoms with Gasteiger partial charge in [0.1, 0.15) is 5.84 Å². The molecule has 0 spiro atoms. The Morgan fingerprint density at radius 2 is 2.06 bits per heavy atom. The standard InChI is InChI=1S/C10H9F3N2OS/c1-17(16)5-6-2-3-7(10(11,12)13)4-8(6)9(14)15-17/h2-4H,1,5H2,(H2,14,15,16). The summed E-state index contributed by atoms with van der Waals surface area (Å²) in [5.41, 5.74) is 5.36. The van der Waals surface area contributed by atoms with E-state index in [2.05, 4.69) is 10.3 Å². The Bertz CT molecular complexity index is 602. The monoisotopic (exact) mass is 262 g/mol. The molecule has 1 unspecified atom stereocenters. The van der Waals surface area contributed by atoms with Gasteiger partial charge in [-0.25, -0.2) is 4.21 Å². The summed E-state index contributed by atoms with van der Waals surface area (Å²) in [4.78, 5) is 0. The normalized spacial score (nSPS) is 24.1. The van der Waals surface area contributed by atoms with Crippen LogP contribution >= 0.6 is 0 Å². The highest BCUT2D eigenvalue weighted by Crippen LogP contribution is 2.32. The molecule has 2 N–H and O–H groups in total. The zero-order valence-corrected chi connectivity index (χ0v) is 9.44. The first kappa shape index (κ1) is 12.0. The van der Waals surface area contributed by atoms with Gasteiger partial charge in [0, 0.05) is 5.56 Å². The fraction of sp³-hybridized carbons (Fsp3) is 0.200. The quantitative estimate of drug-likeness (QED) is 0.721. The van der Waals surface area contributed by atoms with Gasteiger partial charge in [-0.05, 0) is 23.6 Å². The van der Waals surface area contributed by atoms with E-state index in [0.29, 0.717) is 5.56 Å². The van der Waals surface area contributed by atoms with E-state index in [4.69, 9.17) is 5.73 Å². The van der Waals surface area contributed by atoms with Crippen molar-refractivity contribution in [2.75, 3.05) is 0 Å². The molecule has 3 nitrogen and oxygen atoms in total. The van der Waals surface area contributed by atoms with Crippen molar-refractivity contribution in [2.24, 2.45) is 10.1 Å². The largest absolute Gasteiger partial charge is 0.416 e. The average Bonchev–Trinajstić information content (AvgIpc) is 2.13. The minimum atomic E-state index is -4.43. The molecule has 0 saturated heterocycles. The Hall–Kier alpha value is -1.50. The second-order valence-corrected chi connectivity index (χ2v) is 5.78. The van der Waals surface area contributed by atoms with E-state index in [9.17, 15) is 17.4 Å². The number of rotatable bonds is 0. The molecule has 2 rings (SSSR count). The van der Waals surface area contributed by atoms with Gasteiger partial charge in [0.15, 0.2) is 0 Å². The van der Waals surface area contributed by atoms with Crippen LogP contribution < -0.4 is 5.73 Å². The van der Waals surface area contributed by atoms with Crippen LogP contribution in [0.4, 0.5) is 13.2 Å². The lowest BCUT2D eigenvalue weighted by atomic mass is 10.0. The fourth-order valence-electron chi connectivity index (χ4n) is 1.62. The third kappa shape index (κ3) is 2.28. The van der Waals surface area contributed by atoms with Crippen molar-refractivity contribution in [1.29, 1.82) is 0 Å². The number of hydrogen-bond acceptors (Lipinski definition) is 2. The van der Waals surface area contributed by atoms with E-state index in [1.807, 2.05) is 0 Å². The van der Waals surface area contributed by atoms with Gasteiger partial charge in [-0.1, -0.05) is 6.07 Å². The Balaban J connectivity index is 2.60. The van der Waals surface area contributed by atoms with Crippen molar-refractivity contribution < 1.29 is 17.4 Å². The van der Waals surface area contributed by atoms with E-state index < -0.39 is 21.4 Å². The number of halogens is 3. The maximum absolute atomic E-state index is 12.5. The van der Waals surface area contributed by atoms with Crippen LogP contribution in [0.25, 0.3) is 0 Å². The lowest BCUT2D eigenvalue weighted by Gasteiger charge is -2.18. The molecule has 0 amide bonds. The van der Waals surface area contributed by atoms with Crippen molar-refractivity contribution in [2.45, 2.75) is 11.9 Å². The molecule has 0 saturated carbocycles. The number of hydrogen-bond donors (Lipinski definition) is 1. The van der Waals surface area contributed by atoms with Crippen LogP contribution in [0.15, 0.2) is 22.6 Å². The molecule has 1 atom stereocenters. The van der Waals surface area contributed by atoms with Crippen LogP contribution in [0.3, 0.4) is 0 Å². The Labute approximate surface area is 96.3 Å². The molecule has 0 bridgehead atoms. The molecule has 92 valence electrons. The van der Waals surface area contributed by atoms with Gasteiger partial charge >= 0.3 is 6.18 Å². The number of nitrogens with zero attached hydrogens (tertiary/aromatic N) is 1. The average molecular weight is 262 g/mol. The lowest BCUT2D eigenvalue weighted by Crippen LogP contribution is -2.24. The highest BCUT2D eigenvalue weighted by molar-refractivity contribution is 7.98. The van der Waals surface area contributed by atoms with E-state index in [1.165, 1.54) is 6.07 Å². The Morgan fingerprint density at radius 1 is 1.41 bits per heavy atom. The molecular weight excluding hydrogens is 253 g/mol. The van der Waals surface area contributed by atoms with Crippen LogP contribution in [0, 0.1) is 0 Å². The number of nitrogens with two attached hydrogens (primary N) is 1. The summed E-state index contributed by atoms with van der Waals surface area (Å²) in [6, 6.07) is 3.13. The summed E-state index contributed by atoms with van der Waals surface area (Å²) in [6.07, 6.45) is -4.43. The van der Waals surface area contributed by atoms with Crippen molar-refractivity contribution in [1.82, 2.24) is 0 Å². The molecule has 1 aromatic carbocycles. The molecule has 1 aliphatic rings. The predicted octanol–water partition coefficient (Wildman–Crippen LogP) is 1.56. The predicted molar refractivity (Wildman–Crippen MR) is 61.1 cm³/mol. The second-order valence-electron chi connectivity index (χ2n) is 3.76. The van der Waals surface area contributed by atoms with Crippen molar-refractivity contribution >= 4 is 21.4 Å². The van der Waals surface area contributed by atoms with E-state index in [1.54, 1.807) is 0 Å². The van der Waals surface area contributed by atoms with Gasteiger partial charge in [-0.3, -0.25) is 0 Å². The number of fused-ring (bicyclic) bond motifs is 1. The van der Waals surface area contributed by atoms with Gasteiger partial charge in [-0.2, -0.15) is 17.6 Å². The van der Waals surface area contributed by atoms with Crippen molar-refractivity contribution in [3.63, 3.8) is 0 Å². The smallest absolute Gasteiger partial charge is 0.383 e. The number of amidine groups is 1. The number of alkyl halides is 3. The first-order valence-corrected chi connectivity index (χ1v) is 6.45. The highest BCUT2D eigenvalue weighted by atomic mass is 32.2. The van der Waals surface area contributed by atoms with Crippen molar-refractivity contribution in [3.8, 4) is 0 Å². The first-order valence-electron chi connectivity index (χ1n) is 4.60. The first-order chi connectivity index (χ1) is 7.69. The summed E-state index contributed by atoms with van der Waals surface area (Å²) < 4.78 is 52.7. The van der Waals surface area contributed by atoms with Crippen LogP contribution in [0.1, 0.15) is 16.7 Å². The minimum absolute atomic E-state index is 0.0151. The lowest BCUT2D eigenvalue weighted by molar-refractivity contribution is -0.137. The molecule has 0 radical (unpaired) electrons. The van der Waals surface area contributed by atoms with Crippen LogP contribution in [-0.4, -0.2) is 15.9 Å². The molecule has 0 aromatic heterocycles. The molecule has 0 fully saturated rings.